The Morgan fingerprint density at radius 2 is 1.79 bits per heavy atom. The van der Waals surface area contributed by atoms with E-state index in [1.54, 1.807) is 24.1 Å². The van der Waals surface area contributed by atoms with Gasteiger partial charge in [-0.15, -0.1) is 11.3 Å². The minimum atomic E-state index is -0.862. The highest BCUT2D eigenvalue weighted by atomic mass is 32.1. The van der Waals surface area contributed by atoms with Crippen LogP contribution >= 0.6 is 11.3 Å². The monoisotopic (exact) mass is 611 g/mol. The molecule has 2 aliphatic rings. The van der Waals surface area contributed by atoms with E-state index in [2.05, 4.69) is 25.9 Å². The first-order chi connectivity index (χ1) is 20.4. The van der Waals surface area contributed by atoms with Gasteiger partial charge >= 0.3 is 0 Å². The van der Waals surface area contributed by atoms with Gasteiger partial charge in [-0.25, -0.2) is 15.0 Å². The summed E-state index contributed by atoms with van der Waals surface area (Å²) in [7, 11) is 0. The number of carbonyl (C=O) groups is 4. The lowest BCUT2D eigenvalue weighted by molar-refractivity contribution is -0.140. The number of aromatic nitrogens is 3. The van der Waals surface area contributed by atoms with Crippen LogP contribution in [0.4, 0.5) is 0 Å². The van der Waals surface area contributed by atoms with Gasteiger partial charge in [0.1, 0.15) is 40.9 Å². The first-order valence-corrected chi connectivity index (χ1v) is 15.4. The molecule has 5 rings (SSSR count). The topological polar surface area (TPSA) is 173 Å². The molecule has 0 radical (unpaired) electrons. The Balaban J connectivity index is 1.53. The largest absolute Gasteiger partial charge is 0.446 e. The second-order valence-electron chi connectivity index (χ2n) is 11.8. The van der Waals surface area contributed by atoms with Crippen LogP contribution in [0.3, 0.4) is 0 Å². The number of aryl methyl sites for hydroxylation is 1. The number of fused-ring (bicyclic) bond motifs is 8. The molecule has 14 heteroatoms. The van der Waals surface area contributed by atoms with Crippen LogP contribution in [0.2, 0.25) is 0 Å². The number of nitrogens with zero attached hydrogens (tertiary/aromatic N) is 4. The summed E-state index contributed by atoms with van der Waals surface area (Å²) in [6, 6.07) is -2.66. The van der Waals surface area contributed by atoms with Gasteiger partial charge in [0, 0.05) is 11.9 Å². The standard InChI is InChI=1S/C29H37N7O6S/c1-13(2)10-17-29(40)36-9-7-8-20(36)24(38)34-21(14(3)4)28-33-19(12-43-28)27-35-22(16(6)42-27)25(39)30-15(5)26-32-18(11-41-26)23(37)31-17/h11-15,17,20-21H,7-10H2,1-6H3,(H,30,39)(H,31,37)(H,34,38)/t15-,17-,20-,21-/m0/s1. The fraction of sp³-hybridized carbons (Fsp3) is 0.552. The van der Waals surface area contributed by atoms with Gasteiger partial charge in [0.2, 0.25) is 23.6 Å². The van der Waals surface area contributed by atoms with Crippen molar-refractivity contribution in [3.8, 4) is 11.6 Å². The van der Waals surface area contributed by atoms with E-state index in [0.717, 1.165) is 0 Å². The van der Waals surface area contributed by atoms with Crippen molar-refractivity contribution in [1.29, 1.82) is 0 Å². The lowest BCUT2D eigenvalue weighted by Crippen LogP contribution is -2.54. The van der Waals surface area contributed by atoms with Gasteiger partial charge in [-0.05, 0) is 44.9 Å². The van der Waals surface area contributed by atoms with Gasteiger partial charge in [0.05, 0.1) is 6.04 Å². The number of hydrogen-bond donors (Lipinski definition) is 3. The molecular formula is C29H37N7O6S. The second-order valence-corrected chi connectivity index (χ2v) is 12.7. The fourth-order valence-corrected chi connectivity index (χ4v) is 6.37. The van der Waals surface area contributed by atoms with Crippen LogP contribution in [0.15, 0.2) is 20.5 Å². The zero-order valence-electron chi connectivity index (χ0n) is 25.1. The normalized spacial score (nSPS) is 23.6. The first kappa shape index (κ1) is 30.4. The minimum Gasteiger partial charge on any atom is -0.446 e. The van der Waals surface area contributed by atoms with E-state index in [1.165, 1.54) is 17.6 Å². The van der Waals surface area contributed by atoms with E-state index < -0.39 is 36.0 Å². The number of carbonyl (C=O) groups excluding carboxylic acids is 4. The Bertz CT molecular complexity index is 1520. The molecule has 3 aromatic rings. The number of thiazole rings is 1. The highest BCUT2D eigenvalue weighted by Crippen LogP contribution is 2.31. The van der Waals surface area contributed by atoms with Crippen molar-refractivity contribution in [3.05, 3.63) is 39.7 Å². The smallest absolute Gasteiger partial charge is 0.274 e. The van der Waals surface area contributed by atoms with Crippen LogP contribution < -0.4 is 16.0 Å². The van der Waals surface area contributed by atoms with Crippen molar-refractivity contribution < 1.29 is 28.0 Å². The maximum Gasteiger partial charge on any atom is 0.274 e. The molecule has 0 aliphatic carbocycles. The summed E-state index contributed by atoms with van der Waals surface area (Å²) in [5, 5.41) is 11.1. The summed E-state index contributed by atoms with van der Waals surface area (Å²) >= 11 is 1.35. The molecule has 43 heavy (non-hydrogen) atoms. The molecule has 3 aromatic heterocycles. The number of oxazole rings is 2. The summed E-state index contributed by atoms with van der Waals surface area (Å²) in [5.41, 5.74) is 0.493. The number of hydrogen-bond acceptors (Lipinski definition) is 10. The predicted molar refractivity (Wildman–Crippen MR) is 156 cm³/mol. The second kappa shape index (κ2) is 12.3. The van der Waals surface area contributed by atoms with Gasteiger partial charge in [-0.1, -0.05) is 27.7 Å². The molecule has 6 bridgehead atoms. The average molecular weight is 612 g/mol. The molecule has 0 spiro atoms. The van der Waals surface area contributed by atoms with E-state index >= 15 is 0 Å². The van der Waals surface area contributed by atoms with Crippen molar-refractivity contribution in [3.63, 3.8) is 0 Å². The quantitative estimate of drug-likeness (QED) is 0.400. The predicted octanol–water partition coefficient (Wildman–Crippen LogP) is 3.55. The molecule has 0 saturated carbocycles. The van der Waals surface area contributed by atoms with Crippen LogP contribution in [0.5, 0.6) is 0 Å². The van der Waals surface area contributed by atoms with Gasteiger partial charge in [0.25, 0.3) is 11.8 Å². The SMILES string of the molecule is Cc1oc2nc1C(=O)N[C@@H](C)c1nc(co1)C(=O)N[C@@H](CC(C)C)C(=O)N1CCC[C@H]1C(=O)N[C@@H](C(C)C)c1nc-2cs1. The maximum atomic E-state index is 13.8. The van der Waals surface area contributed by atoms with Crippen LogP contribution in [0.25, 0.3) is 11.6 Å². The van der Waals surface area contributed by atoms with Gasteiger partial charge in [0.15, 0.2) is 11.4 Å². The van der Waals surface area contributed by atoms with E-state index in [-0.39, 0.29) is 46.8 Å². The van der Waals surface area contributed by atoms with Gasteiger partial charge < -0.3 is 29.7 Å². The third kappa shape index (κ3) is 6.33. The molecular weight excluding hydrogens is 574 g/mol. The van der Waals surface area contributed by atoms with Crippen LogP contribution in [-0.2, 0) is 9.59 Å². The molecule has 3 N–H and O–H groups in total. The maximum absolute atomic E-state index is 13.8. The average Bonchev–Trinajstić information content (AvgIpc) is 3.75. The Kier molecular flexibility index (Phi) is 8.67. The van der Waals surface area contributed by atoms with Crippen molar-refractivity contribution in [2.45, 2.75) is 85.0 Å². The lowest BCUT2D eigenvalue weighted by atomic mass is 10.0. The van der Waals surface area contributed by atoms with E-state index in [0.29, 0.717) is 42.3 Å². The van der Waals surface area contributed by atoms with Crippen LogP contribution in [0, 0.1) is 18.8 Å². The van der Waals surface area contributed by atoms with Crippen molar-refractivity contribution >= 4 is 35.0 Å². The van der Waals surface area contributed by atoms with Crippen molar-refractivity contribution in [2.75, 3.05) is 6.54 Å². The zero-order valence-corrected chi connectivity index (χ0v) is 25.9. The van der Waals surface area contributed by atoms with Crippen molar-refractivity contribution in [2.24, 2.45) is 11.8 Å². The molecule has 1 saturated heterocycles. The molecule has 13 nitrogen and oxygen atoms in total. The summed E-state index contributed by atoms with van der Waals surface area (Å²) in [5.74, 6) is -1.02. The molecule has 2 aliphatic heterocycles. The zero-order chi connectivity index (χ0) is 31.0. The molecule has 0 aromatic carbocycles. The minimum absolute atomic E-state index is 0.00983. The Labute approximate surface area is 253 Å². The molecule has 4 amide bonds. The number of nitrogens with one attached hydrogen (secondary N) is 3. The Morgan fingerprint density at radius 1 is 1.02 bits per heavy atom. The van der Waals surface area contributed by atoms with Crippen LogP contribution in [0.1, 0.15) is 104 Å². The molecule has 4 atom stereocenters. The van der Waals surface area contributed by atoms with Gasteiger partial charge in [-0.2, -0.15) is 0 Å². The third-order valence-corrected chi connectivity index (χ3v) is 8.53. The molecule has 0 unspecified atom stereocenters. The van der Waals surface area contributed by atoms with E-state index in [4.69, 9.17) is 13.8 Å². The van der Waals surface area contributed by atoms with Crippen molar-refractivity contribution in [1.82, 2.24) is 35.8 Å². The third-order valence-electron chi connectivity index (χ3n) is 7.60. The summed E-state index contributed by atoms with van der Waals surface area (Å²) in [4.78, 5) is 68.7. The van der Waals surface area contributed by atoms with Crippen LogP contribution in [-0.4, -0.2) is 62.1 Å². The Morgan fingerprint density at radius 3 is 2.51 bits per heavy atom. The summed E-state index contributed by atoms with van der Waals surface area (Å²) in [6.07, 6.45) is 2.75. The first-order valence-electron chi connectivity index (χ1n) is 14.5. The number of amides is 4. The Hall–Kier alpha value is -4.07. The number of rotatable bonds is 3. The summed E-state index contributed by atoms with van der Waals surface area (Å²) in [6.45, 7) is 11.6. The molecule has 230 valence electrons. The molecule has 1 fully saturated rings. The highest BCUT2D eigenvalue weighted by Gasteiger charge is 2.39. The fourth-order valence-electron chi connectivity index (χ4n) is 5.35. The highest BCUT2D eigenvalue weighted by molar-refractivity contribution is 7.10. The summed E-state index contributed by atoms with van der Waals surface area (Å²) < 4.78 is 11.3. The molecule has 5 heterocycles. The van der Waals surface area contributed by atoms with E-state index in [1.807, 2.05) is 27.7 Å². The van der Waals surface area contributed by atoms with Gasteiger partial charge in [-0.3, -0.25) is 19.2 Å². The lowest BCUT2D eigenvalue weighted by Gasteiger charge is -2.30. The van der Waals surface area contributed by atoms with E-state index in [9.17, 15) is 19.2 Å².